The number of benzene rings is 2. The molecule has 0 aromatic heterocycles. The highest BCUT2D eigenvalue weighted by Gasteiger charge is 2.13. The maximum atomic E-state index is 6.23. The Kier molecular flexibility index (Phi) is 11.6. The highest BCUT2D eigenvalue weighted by Crippen LogP contribution is 2.33. The molecule has 0 saturated carbocycles. The van der Waals surface area contributed by atoms with Crippen LogP contribution in [0.4, 0.5) is 17.1 Å². The average molecular weight is 528 g/mol. The van der Waals surface area contributed by atoms with Crippen molar-refractivity contribution in [2.75, 3.05) is 111 Å². The summed E-state index contributed by atoms with van der Waals surface area (Å²) in [6.45, 7) is 9.72. The molecule has 2 aliphatic heterocycles. The van der Waals surface area contributed by atoms with Gasteiger partial charge in [0, 0.05) is 65.1 Å². The number of hydrogen-bond acceptors (Lipinski definition) is 10. The van der Waals surface area contributed by atoms with Gasteiger partial charge in [0.1, 0.15) is 13.2 Å². The number of rotatable bonds is 3. The molecule has 10 nitrogen and oxygen atoms in total. The summed E-state index contributed by atoms with van der Waals surface area (Å²) in [6, 6.07) is 13.7. The van der Waals surface area contributed by atoms with Gasteiger partial charge in [0.2, 0.25) is 0 Å². The fourth-order valence-electron chi connectivity index (χ4n) is 4.16. The van der Waals surface area contributed by atoms with Crippen molar-refractivity contribution in [1.82, 2.24) is 9.80 Å². The third-order valence-corrected chi connectivity index (χ3v) is 6.48. The molecule has 2 aromatic carbocycles. The van der Waals surface area contributed by atoms with Crippen molar-refractivity contribution in [3.8, 4) is 11.5 Å². The summed E-state index contributed by atoms with van der Waals surface area (Å²) in [5.74, 6) is 1.38. The Morgan fingerprint density at radius 1 is 0.553 bits per heavy atom. The van der Waals surface area contributed by atoms with Gasteiger partial charge in [-0.1, -0.05) is 0 Å². The SMILES string of the molecule is CN(C)c1ccc(N=Nc2ccc3c(c2)OCCN2CCOCCOCCN(CCOCC2)CCO3)cc1. The van der Waals surface area contributed by atoms with Gasteiger partial charge in [0.25, 0.3) is 0 Å². The highest BCUT2D eigenvalue weighted by molar-refractivity contribution is 5.53. The summed E-state index contributed by atoms with van der Waals surface area (Å²) in [5.41, 5.74) is 2.62. The van der Waals surface area contributed by atoms with E-state index in [1.807, 2.05) is 56.6 Å². The molecule has 2 bridgehead atoms. The molecule has 38 heavy (non-hydrogen) atoms. The molecule has 1 saturated heterocycles. The number of azo groups is 1. The molecule has 0 spiro atoms. The summed E-state index contributed by atoms with van der Waals surface area (Å²) in [4.78, 5) is 6.67. The molecule has 1 fully saturated rings. The second-order valence-electron chi connectivity index (χ2n) is 9.46. The number of fused-ring (bicyclic) bond motifs is 7. The molecule has 4 rings (SSSR count). The summed E-state index contributed by atoms with van der Waals surface area (Å²) in [5, 5.41) is 8.85. The van der Waals surface area contributed by atoms with Crippen molar-refractivity contribution in [2.24, 2.45) is 10.2 Å². The summed E-state index contributed by atoms with van der Waals surface area (Å²) in [6.07, 6.45) is 0. The molecule has 0 aliphatic carbocycles. The van der Waals surface area contributed by atoms with E-state index < -0.39 is 0 Å². The highest BCUT2D eigenvalue weighted by atomic mass is 16.5. The quantitative estimate of drug-likeness (QED) is 0.443. The van der Waals surface area contributed by atoms with E-state index >= 15 is 0 Å². The van der Waals surface area contributed by atoms with Crippen molar-refractivity contribution >= 4 is 17.1 Å². The van der Waals surface area contributed by atoms with Crippen LogP contribution in [0.5, 0.6) is 11.5 Å². The Labute approximate surface area is 226 Å². The maximum Gasteiger partial charge on any atom is 0.163 e. The fourth-order valence-corrected chi connectivity index (χ4v) is 4.16. The molecule has 2 heterocycles. The van der Waals surface area contributed by atoms with Gasteiger partial charge in [0.15, 0.2) is 11.5 Å². The summed E-state index contributed by atoms with van der Waals surface area (Å²) in [7, 11) is 4.03. The van der Waals surface area contributed by atoms with Crippen LogP contribution in [0.3, 0.4) is 0 Å². The molecule has 2 unspecified atom stereocenters. The monoisotopic (exact) mass is 527 g/mol. The van der Waals surface area contributed by atoms with Gasteiger partial charge in [0.05, 0.1) is 51.0 Å². The van der Waals surface area contributed by atoms with Crippen molar-refractivity contribution in [3.05, 3.63) is 42.5 Å². The van der Waals surface area contributed by atoms with Gasteiger partial charge in [-0.05, 0) is 36.4 Å². The fraction of sp³-hybridized carbons (Fsp3) is 0.571. The first kappa shape index (κ1) is 28.3. The normalized spacial score (nSPS) is 22.6. The third kappa shape index (κ3) is 9.52. The van der Waals surface area contributed by atoms with E-state index in [4.69, 9.17) is 23.7 Å². The zero-order valence-corrected chi connectivity index (χ0v) is 22.7. The zero-order chi connectivity index (χ0) is 26.4. The zero-order valence-electron chi connectivity index (χ0n) is 22.7. The molecule has 10 heteroatoms. The van der Waals surface area contributed by atoms with Crippen LogP contribution in [0, 0.1) is 0 Å². The molecule has 0 radical (unpaired) electrons. The predicted octanol–water partition coefficient (Wildman–Crippen LogP) is 3.61. The predicted molar refractivity (Wildman–Crippen MR) is 148 cm³/mol. The lowest BCUT2D eigenvalue weighted by Gasteiger charge is -2.22. The lowest BCUT2D eigenvalue weighted by molar-refractivity contribution is 0.0299. The number of anilines is 1. The smallest absolute Gasteiger partial charge is 0.163 e. The standard InChI is InChI=1S/C28H41N5O5/c1-31(2)26-6-3-24(4-7-26)29-30-25-5-8-27-28(23-25)38-20-14-33-10-16-34-15-9-32(13-19-37-27)11-17-35-21-22-36-18-12-33/h3-8,23H,9-22H2,1-2H3. The van der Waals surface area contributed by atoms with Crippen LogP contribution in [-0.2, 0) is 14.2 Å². The molecular formula is C28H41N5O5. The van der Waals surface area contributed by atoms with Crippen LogP contribution in [0.25, 0.3) is 0 Å². The van der Waals surface area contributed by atoms with E-state index in [1.165, 1.54) is 0 Å². The number of hydrogen-bond donors (Lipinski definition) is 0. The first-order valence-corrected chi connectivity index (χ1v) is 13.4. The van der Waals surface area contributed by atoms with Gasteiger partial charge < -0.3 is 28.6 Å². The van der Waals surface area contributed by atoms with Crippen molar-refractivity contribution in [2.45, 2.75) is 0 Å². The van der Waals surface area contributed by atoms with Crippen LogP contribution in [0.2, 0.25) is 0 Å². The van der Waals surface area contributed by atoms with Crippen LogP contribution < -0.4 is 14.4 Å². The first-order chi connectivity index (χ1) is 18.7. The summed E-state index contributed by atoms with van der Waals surface area (Å²) < 4.78 is 29.9. The lowest BCUT2D eigenvalue weighted by atomic mass is 10.2. The van der Waals surface area contributed by atoms with Crippen LogP contribution in [0.1, 0.15) is 0 Å². The first-order valence-electron chi connectivity index (χ1n) is 13.4. The molecule has 0 amide bonds. The molecule has 2 aliphatic rings. The van der Waals surface area contributed by atoms with Gasteiger partial charge >= 0.3 is 0 Å². The van der Waals surface area contributed by atoms with Gasteiger partial charge in [-0.25, -0.2) is 0 Å². The molecule has 2 aromatic rings. The van der Waals surface area contributed by atoms with E-state index in [-0.39, 0.29) is 0 Å². The number of ether oxygens (including phenoxy) is 5. The van der Waals surface area contributed by atoms with E-state index in [0.29, 0.717) is 70.0 Å². The lowest BCUT2D eigenvalue weighted by Crippen LogP contribution is -2.36. The number of nitrogens with zero attached hydrogens (tertiary/aromatic N) is 5. The van der Waals surface area contributed by atoms with E-state index in [1.54, 1.807) is 0 Å². The van der Waals surface area contributed by atoms with Crippen molar-refractivity contribution < 1.29 is 23.7 Å². The Bertz CT molecular complexity index is 988. The minimum Gasteiger partial charge on any atom is -0.488 e. The van der Waals surface area contributed by atoms with E-state index in [0.717, 1.165) is 50.6 Å². The summed E-state index contributed by atoms with van der Waals surface area (Å²) >= 11 is 0. The molecule has 2 atom stereocenters. The molecular weight excluding hydrogens is 486 g/mol. The minimum absolute atomic E-state index is 0.512. The third-order valence-electron chi connectivity index (χ3n) is 6.48. The largest absolute Gasteiger partial charge is 0.488 e. The second kappa shape index (κ2) is 15.6. The van der Waals surface area contributed by atoms with Crippen LogP contribution in [-0.4, -0.2) is 116 Å². The Morgan fingerprint density at radius 2 is 1.03 bits per heavy atom. The van der Waals surface area contributed by atoms with Gasteiger partial charge in [-0.3, -0.25) is 9.80 Å². The van der Waals surface area contributed by atoms with Crippen LogP contribution in [0.15, 0.2) is 52.7 Å². The molecule has 0 N–H and O–H groups in total. The minimum atomic E-state index is 0.512. The van der Waals surface area contributed by atoms with E-state index in [9.17, 15) is 0 Å². The van der Waals surface area contributed by atoms with Gasteiger partial charge in [-0.15, -0.1) is 0 Å². The van der Waals surface area contributed by atoms with Crippen molar-refractivity contribution in [3.63, 3.8) is 0 Å². The maximum absolute atomic E-state index is 6.23. The average Bonchev–Trinajstić information content (AvgIpc) is 2.94. The van der Waals surface area contributed by atoms with Crippen LogP contribution >= 0.6 is 0 Å². The topological polar surface area (TPSA) is 80.6 Å². The Morgan fingerprint density at radius 3 is 1.61 bits per heavy atom. The van der Waals surface area contributed by atoms with Gasteiger partial charge in [-0.2, -0.15) is 10.2 Å². The Balaban J connectivity index is 1.48. The Hall–Kier alpha value is -2.76. The van der Waals surface area contributed by atoms with Crippen molar-refractivity contribution in [1.29, 1.82) is 0 Å². The molecule has 208 valence electrons. The van der Waals surface area contributed by atoms with E-state index in [2.05, 4.69) is 24.9 Å². The second-order valence-corrected chi connectivity index (χ2v) is 9.46.